The highest BCUT2D eigenvalue weighted by Gasteiger charge is 2.17. The van der Waals surface area contributed by atoms with Crippen LogP contribution in [0.4, 0.5) is 15.9 Å². The minimum Gasteiger partial charge on any atom is -0.374 e. The van der Waals surface area contributed by atoms with Crippen LogP contribution < -0.4 is 10.6 Å². The molecule has 5 aromatic rings. The third-order valence-electron chi connectivity index (χ3n) is 6.44. The highest BCUT2D eigenvalue weighted by molar-refractivity contribution is 7.21. The molecule has 1 atom stereocenters. The van der Waals surface area contributed by atoms with Crippen LogP contribution in [0.5, 0.6) is 0 Å². The minimum atomic E-state index is -0.282. The highest BCUT2D eigenvalue weighted by atomic mass is 32.1. The van der Waals surface area contributed by atoms with E-state index in [4.69, 9.17) is 4.74 Å². The van der Waals surface area contributed by atoms with Crippen molar-refractivity contribution < 1.29 is 13.9 Å². The van der Waals surface area contributed by atoms with Crippen molar-refractivity contribution >= 4 is 39.0 Å². The molecule has 0 spiro atoms. The summed E-state index contributed by atoms with van der Waals surface area (Å²) < 4.78 is 19.6. The molecular weight excluding hydrogens is 549 g/mol. The van der Waals surface area contributed by atoms with Crippen molar-refractivity contribution in [2.45, 2.75) is 12.6 Å². The van der Waals surface area contributed by atoms with Crippen LogP contribution >= 0.6 is 11.3 Å². The number of anilines is 2. The molecule has 2 N–H and O–H groups in total. The molecule has 0 fully saturated rings. The summed E-state index contributed by atoms with van der Waals surface area (Å²) in [5, 5.41) is 7.38. The van der Waals surface area contributed by atoms with Crippen molar-refractivity contribution in [3.05, 3.63) is 120 Å². The van der Waals surface area contributed by atoms with E-state index < -0.39 is 0 Å². The van der Waals surface area contributed by atoms with E-state index in [1.807, 2.05) is 85.7 Å². The molecule has 0 aliphatic carbocycles. The van der Waals surface area contributed by atoms with Gasteiger partial charge in [-0.3, -0.25) is 4.79 Å². The van der Waals surface area contributed by atoms with E-state index in [0.29, 0.717) is 31.3 Å². The summed E-state index contributed by atoms with van der Waals surface area (Å²) >= 11 is 1.56. The topological polar surface area (TPSA) is 79.4 Å². The molecule has 0 unspecified atom stereocenters. The van der Waals surface area contributed by atoms with Crippen molar-refractivity contribution in [1.82, 2.24) is 14.9 Å². The lowest BCUT2D eigenvalue weighted by molar-refractivity contribution is -0.111. The van der Waals surface area contributed by atoms with Gasteiger partial charge in [-0.2, -0.15) is 0 Å². The molecule has 0 bridgehead atoms. The molecule has 0 saturated carbocycles. The molecule has 42 heavy (non-hydrogen) atoms. The van der Waals surface area contributed by atoms with E-state index in [2.05, 4.69) is 26.7 Å². The Balaban J connectivity index is 1.34. The number of hydrogen-bond donors (Lipinski definition) is 2. The van der Waals surface area contributed by atoms with Gasteiger partial charge < -0.3 is 20.3 Å². The molecule has 9 heteroatoms. The molecule has 0 radical (unpaired) electrons. The number of carbonyl (C=O) groups excluding carboxylic acids is 1. The van der Waals surface area contributed by atoms with Crippen LogP contribution in [0.1, 0.15) is 17.2 Å². The fraction of sp³-hybridized carbons (Fsp3) is 0.182. The fourth-order valence-corrected chi connectivity index (χ4v) is 5.41. The predicted octanol–water partition coefficient (Wildman–Crippen LogP) is 6.92. The van der Waals surface area contributed by atoms with Gasteiger partial charge in [-0.15, -0.1) is 11.3 Å². The zero-order valence-corrected chi connectivity index (χ0v) is 24.3. The van der Waals surface area contributed by atoms with Crippen LogP contribution in [0.3, 0.4) is 0 Å². The molecule has 0 aliphatic rings. The van der Waals surface area contributed by atoms with Gasteiger partial charge in [0.25, 0.3) is 0 Å². The number of carbonyl (C=O) groups is 1. The molecular formula is C33H32FN5O2S. The Morgan fingerprint density at radius 1 is 1.02 bits per heavy atom. The van der Waals surface area contributed by atoms with E-state index in [-0.39, 0.29) is 17.8 Å². The number of amides is 1. The summed E-state index contributed by atoms with van der Waals surface area (Å²) in [5.74, 6) is 0.241. The van der Waals surface area contributed by atoms with Crippen molar-refractivity contribution in [1.29, 1.82) is 0 Å². The number of likely N-dealkylation sites (N-methyl/N-ethyl adjacent to an activating group) is 1. The van der Waals surface area contributed by atoms with Gasteiger partial charge in [-0.25, -0.2) is 14.4 Å². The Morgan fingerprint density at radius 3 is 2.67 bits per heavy atom. The van der Waals surface area contributed by atoms with Gasteiger partial charge in [-0.05, 0) is 61.1 Å². The van der Waals surface area contributed by atoms with Crippen molar-refractivity contribution in [2.24, 2.45) is 0 Å². The lowest BCUT2D eigenvalue weighted by Crippen LogP contribution is -2.18. The van der Waals surface area contributed by atoms with Gasteiger partial charge in [0.1, 0.15) is 22.8 Å². The standard InChI is InChI=1S/C33H32FN5O2S/c1-39(2)16-8-15-31(40)37-27-14-7-12-25(18-27)30-19-28-32(35-22-36-33(28)42-30)38-29(24-10-4-3-5-11-24)21-41-20-23-9-6-13-26(34)17-23/h3-15,17-19,22,29H,16,20-21H2,1-2H3,(H,37,40)(H,35,36,38)/b15-8+/t29-/m1/s1. The molecule has 5 rings (SSSR count). The molecule has 0 aliphatic heterocycles. The predicted molar refractivity (Wildman–Crippen MR) is 168 cm³/mol. The second-order valence-corrected chi connectivity index (χ2v) is 11.1. The van der Waals surface area contributed by atoms with Gasteiger partial charge in [0.15, 0.2) is 0 Å². The normalized spacial score (nSPS) is 12.2. The van der Waals surface area contributed by atoms with E-state index in [9.17, 15) is 9.18 Å². The first-order valence-corrected chi connectivity index (χ1v) is 14.4. The zero-order valence-electron chi connectivity index (χ0n) is 23.5. The number of rotatable bonds is 12. The van der Waals surface area contributed by atoms with Crippen molar-refractivity contribution in [3.8, 4) is 10.4 Å². The monoisotopic (exact) mass is 581 g/mol. The highest BCUT2D eigenvalue weighted by Crippen LogP contribution is 2.36. The summed E-state index contributed by atoms with van der Waals surface area (Å²) in [7, 11) is 3.90. The number of thiophene rings is 1. The number of aromatic nitrogens is 2. The van der Waals surface area contributed by atoms with E-state index in [1.54, 1.807) is 29.8 Å². The fourth-order valence-electron chi connectivity index (χ4n) is 4.41. The quantitative estimate of drug-likeness (QED) is 0.156. The van der Waals surface area contributed by atoms with Crippen LogP contribution in [-0.2, 0) is 16.1 Å². The first-order chi connectivity index (χ1) is 20.4. The largest absolute Gasteiger partial charge is 0.374 e. The number of ether oxygens (including phenoxy) is 1. The Labute approximate surface area is 248 Å². The molecule has 2 heterocycles. The lowest BCUT2D eigenvalue weighted by atomic mass is 10.1. The van der Waals surface area contributed by atoms with Crippen LogP contribution in [0, 0.1) is 5.82 Å². The number of benzene rings is 3. The van der Waals surface area contributed by atoms with E-state index >= 15 is 0 Å². The van der Waals surface area contributed by atoms with Gasteiger partial charge in [0, 0.05) is 23.2 Å². The third-order valence-corrected chi connectivity index (χ3v) is 7.53. The first-order valence-electron chi connectivity index (χ1n) is 13.6. The Morgan fingerprint density at radius 2 is 1.86 bits per heavy atom. The van der Waals surface area contributed by atoms with E-state index in [0.717, 1.165) is 31.8 Å². The van der Waals surface area contributed by atoms with Gasteiger partial charge >= 0.3 is 0 Å². The molecule has 2 aromatic heterocycles. The van der Waals surface area contributed by atoms with Crippen LogP contribution in [0.25, 0.3) is 20.7 Å². The smallest absolute Gasteiger partial charge is 0.248 e. The summed E-state index contributed by atoms with van der Waals surface area (Å²) in [4.78, 5) is 25.3. The summed E-state index contributed by atoms with van der Waals surface area (Å²) in [6, 6.07) is 26.1. The summed E-state index contributed by atoms with van der Waals surface area (Å²) in [5.41, 5.74) is 3.50. The molecule has 1 amide bonds. The van der Waals surface area contributed by atoms with Crippen LogP contribution in [-0.4, -0.2) is 48.0 Å². The molecule has 3 aromatic carbocycles. The van der Waals surface area contributed by atoms with Crippen molar-refractivity contribution in [2.75, 3.05) is 37.9 Å². The second-order valence-electron chi connectivity index (χ2n) is 10.0. The third kappa shape index (κ3) is 7.85. The molecule has 214 valence electrons. The summed E-state index contributed by atoms with van der Waals surface area (Å²) in [6.07, 6.45) is 4.93. The number of nitrogens with zero attached hydrogens (tertiary/aromatic N) is 3. The second kappa shape index (κ2) is 14.0. The molecule has 7 nitrogen and oxygen atoms in total. The number of halogens is 1. The Bertz CT molecular complexity index is 1670. The first kappa shape index (κ1) is 29.1. The molecule has 0 saturated heterocycles. The van der Waals surface area contributed by atoms with Gasteiger partial charge in [0.05, 0.1) is 24.6 Å². The summed E-state index contributed by atoms with van der Waals surface area (Å²) in [6.45, 7) is 1.34. The van der Waals surface area contributed by atoms with E-state index in [1.165, 1.54) is 12.1 Å². The number of fused-ring (bicyclic) bond motifs is 1. The number of hydrogen-bond acceptors (Lipinski definition) is 7. The maximum absolute atomic E-state index is 13.6. The van der Waals surface area contributed by atoms with Gasteiger partial charge in [0.2, 0.25) is 5.91 Å². The zero-order chi connectivity index (χ0) is 29.3. The minimum absolute atomic E-state index is 0.172. The number of nitrogens with one attached hydrogen (secondary N) is 2. The lowest BCUT2D eigenvalue weighted by Gasteiger charge is -2.20. The maximum atomic E-state index is 13.6. The van der Waals surface area contributed by atoms with Crippen molar-refractivity contribution in [3.63, 3.8) is 0 Å². The van der Waals surface area contributed by atoms with Crippen LogP contribution in [0.15, 0.2) is 103 Å². The Kier molecular flexibility index (Phi) is 9.66. The van der Waals surface area contributed by atoms with Gasteiger partial charge in [-0.1, -0.05) is 60.7 Å². The maximum Gasteiger partial charge on any atom is 0.248 e. The average molecular weight is 582 g/mol. The SMILES string of the molecule is CN(C)C/C=C/C(=O)Nc1cccc(-c2cc3c(N[C@H](COCc4cccc(F)c4)c4ccccc4)ncnc3s2)c1. The van der Waals surface area contributed by atoms with Crippen LogP contribution in [0.2, 0.25) is 0 Å². The Hall–Kier alpha value is -4.44. The average Bonchev–Trinajstić information content (AvgIpc) is 3.43.